The van der Waals surface area contributed by atoms with Crippen LogP contribution in [0.15, 0.2) is 30.5 Å². The van der Waals surface area contributed by atoms with Gasteiger partial charge in [-0.2, -0.15) is 5.10 Å². The van der Waals surface area contributed by atoms with E-state index < -0.39 is 0 Å². The predicted molar refractivity (Wildman–Crippen MR) is 97.2 cm³/mol. The molecule has 0 bridgehead atoms. The van der Waals surface area contributed by atoms with E-state index in [0.717, 1.165) is 18.7 Å². The summed E-state index contributed by atoms with van der Waals surface area (Å²) >= 11 is 0. The van der Waals surface area contributed by atoms with E-state index in [4.69, 9.17) is 0 Å². The standard InChI is InChI=1S/C19H28N4O/c1-6-11-23-15(3)17(12-21-23)19(24)20-13-18(22(4)5)16-9-7-14(2)8-10-16/h7-10,12,18H,6,11,13H2,1-5H3,(H,20,24)/t18-/m1/s1. The van der Waals surface area contributed by atoms with Crippen LogP contribution in [0.2, 0.25) is 0 Å². The number of rotatable bonds is 7. The number of carbonyl (C=O) groups excluding carboxylic acids is 1. The number of hydrogen-bond acceptors (Lipinski definition) is 3. The molecule has 0 aliphatic heterocycles. The molecule has 2 aromatic rings. The molecule has 1 atom stereocenters. The van der Waals surface area contributed by atoms with Crippen molar-refractivity contribution in [1.29, 1.82) is 0 Å². The van der Waals surface area contributed by atoms with Gasteiger partial charge in [-0.3, -0.25) is 9.48 Å². The molecule has 1 aromatic heterocycles. The molecule has 1 heterocycles. The minimum absolute atomic E-state index is 0.0613. The van der Waals surface area contributed by atoms with Crippen molar-refractivity contribution in [3.63, 3.8) is 0 Å². The highest BCUT2D eigenvalue weighted by Crippen LogP contribution is 2.18. The van der Waals surface area contributed by atoms with Gasteiger partial charge in [-0.25, -0.2) is 0 Å². The van der Waals surface area contributed by atoms with Gasteiger partial charge in [0.25, 0.3) is 5.91 Å². The average molecular weight is 328 g/mol. The summed E-state index contributed by atoms with van der Waals surface area (Å²) in [5.74, 6) is -0.0613. The van der Waals surface area contributed by atoms with Gasteiger partial charge in [-0.1, -0.05) is 36.8 Å². The van der Waals surface area contributed by atoms with Crippen molar-refractivity contribution in [1.82, 2.24) is 20.0 Å². The Morgan fingerprint density at radius 2 is 1.92 bits per heavy atom. The van der Waals surface area contributed by atoms with Gasteiger partial charge >= 0.3 is 0 Å². The minimum Gasteiger partial charge on any atom is -0.350 e. The summed E-state index contributed by atoms with van der Waals surface area (Å²) in [5.41, 5.74) is 4.01. The second-order valence-electron chi connectivity index (χ2n) is 6.47. The molecule has 0 unspecified atom stereocenters. The number of benzene rings is 1. The van der Waals surface area contributed by atoms with Crippen molar-refractivity contribution >= 4 is 5.91 Å². The average Bonchev–Trinajstić information content (AvgIpc) is 2.90. The summed E-state index contributed by atoms with van der Waals surface area (Å²) in [7, 11) is 4.06. The lowest BCUT2D eigenvalue weighted by Gasteiger charge is -2.25. The molecule has 0 fully saturated rings. The number of hydrogen-bond donors (Lipinski definition) is 1. The van der Waals surface area contributed by atoms with Gasteiger partial charge in [-0.05, 0) is 39.9 Å². The first-order valence-electron chi connectivity index (χ1n) is 8.47. The summed E-state index contributed by atoms with van der Waals surface area (Å²) in [6.07, 6.45) is 2.66. The molecule has 5 nitrogen and oxygen atoms in total. The van der Waals surface area contributed by atoms with E-state index in [0.29, 0.717) is 12.1 Å². The van der Waals surface area contributed by atoms with Crippen LogP contribution in [0.25, 0.3) is 0 Å². The van der Waals surface area contributed by atoms with Crippen LogP contribution in [-0.2, 0) is 6.54 Å². The van der Waals surface area contributed by atoms with Crippen LogP contribution in [0.3, 0.4) is 0 Å². The van der Waals surface area contributed by atoms with Gasteiger partial charge in [0, 0.05) is 18.8 Å². The topological polar surface area (TPSA) is 50.2 Å². The molecule has 0 saturated heterocycles. The molecule has 0 aliphatic rings. The van der Waals surface area contributed by atoms with Crippen LogP contribution < -0.4 is 5.32 Å². The molecule has 0 aliphatic carbocycles. The van der Waals surface area contributed by atoms with Gasteiger partial charge in [-0.15, -0.1) is 0 Å². The van der Waals surface area contributed by atoms with Crippen molar-refractivity contribution in [2.24, 2.45) is 0 Å². The van der Waals surface area contributed by atoms with Crippen molar-refractivity contribution in [2.45, 2.75) is 39.8 Å². The number of likely N-dealkylation sites (N-methyl/N-ethyl adjacent to an activating group) is 1. The van der Waals surface area contributed by atoms with Gasteiger partial charge in [0.1, 0.15) is 0 Å². The molecule has 1 aromatic carbocycles. The van der Waals surface area contributed by atoms with E-state index in [2.05, 4.69) is 53.4 Å². The fourth-order valence-electron chi connectivity index (χ4n) is 2.78. The number of nitrogens with one attached hydrogen (secondary N) is 1. The normalized spacial score (nSPS) is 12.4. The Morgan fingerprint density at radius 3 is 2.50 bits per heavy atom. The molecule has 0 saturated carbocycles. The fourth-order valence-corrected chi connectivity index (χ4v) is 2.78. The van der Waals surface area contributed by atoms with E-state index in [9.17, 15) is 4.79 Å². The Hall–Kier alpha value is -2.14. The monoisotopic (exact) mass is 328 g/mol. The molecular formula is C19H28N4O. The lowest BCUT2D eigenvalue weighted by molar-refractivity contribution is 0.0941. The zero-order chi connectivity index (χ0) is 17.7. The Kier molecular flexibility index (Phi) is 6.15. The smallest absolute Gasteiger partial charge is 0.254 e. The molecule has 24 heavy (non-hydrogen) atoms. The maximum absolute atomic E-state index is 12.5. The second kappa shape index (κ2) is 8.11. The third kappa shape index (κ3) is 4.23. The van der Waals surface area contributed by atoms with E-state index in [1.165, 1.54) is 11.1 Å². The minimum atomic E-state index is -0.0613. The number of carbonyl (C=O) groups is 1. The Morgan fingerprint density at radius 1 is 1.25 bits per heavy atom. The summed E-state index contributed by atoms with van der Waals surface area (Å²) in [4.78, 5) is 14.6. The Bertz CT molecular complexity index is 673. The number of amides is 1. The number of nitrogens with zero attached hydrogens (tertiary/aromatic N) is 3. The lowest BCUT2D eigenvalue weighted by Crippen LogP contribution is -2.34. The SMILES string of the molecule is CCCn1ncc(C(=O)NC[C@H](c2ccc(C)cc2)N(C)C)c1C. The maximum atomic E-state index is 12.5. The molecule has 5 heteroatoms. The van der Waals surface area contributed by atoms with Gasteiger partial charge in [0.2, 0.25) is 0 Å². The summed E-state index contributed by atoms with van der Waals surface area (Å²) in [5, 5.41) is 7.36. The summed E-state index contributed by atoms with van der Waals surface area (Å²) in [6.45, 7) is 7.52. The molecule has 130 valence electrons. The van der Waals surface area contributed by atoms with Crippen LogP contribution in [0, 0.1) is 13.8 Å². The zero-order valence-corrected chi connectivity index (χ0v) is 15.3. The maximum Gasteiger partial charge on any atom is 0.254 e. The lowest BCUT2D eigenvalue weighted by atomic mass is 10.0. The largest absolute Gasteiger partial charge is 0.350 e. The van der Waals surface area contributed by atoms with Gasteiger partial charge in [0.05, 0.1) is 17.8 Å². The van der Waals surface area contributed by atoms with E-state index >= 15 is 0 Å². The van der Waals surface area contributed by atoms with Crippen molar-refractivity contribution in [3.05, 3.63) is 52.8 Å². The van der Waals surface area contributed by atoms with Gasteiger partial charge in [0.15, 0.2) is 0 Å². The highest BCUT2D eigenvalue weighted by molar-refractivity contribution is 5.95. The summed E-state index contributed by atoms with van der Waals surface area (Å²) < 4.78 is 1.89. The summed E-state index contributed by atoms with van der Waals surface area (Å²) in [6, 6.07) is 8.59. The third-order valence-corrected chi connectivity index (χ3v) is 4.32. The van der Waals surface area contributed by atoms with Crippen LogP contribution >= 0.6 is 0 Å². The molecule has 0 spiro atoms. The van der Waals surface area contributed by atoms with Crippen LogP contribution in [0.1, 0.15) is 46.6 Å². The van der Waals surface area contributed by atoms with Crippen molar-refractivity contribution in [2.75, 3.05) is 20.6 Å². The quantitative estimate of drug-likeness (QED) is 0.850. The van der Waals surface area contributed by atoms with Crippen LogP contribution in [-0.4, -0.2) is 41.2 Å². The molecule has 1 amide bonds. The zero-order valence-electron chi connectivity index (χ0n) is 15.3. The Balaban J connectivity index is 2.06. The molecule has 2 rings (SSSR count). The number of aryl methyl sites for hydroxylation is 2. The molecular weight excluding hydrogens is 300 g/mol. The van der Waals surface area contributed by atoms with E-state index in [1.54, 1.807) is 6.20 Å². The highest BCUT2D eigenvalue weighted by Gasteiger charge is 2.18. The predicted octanol–water partition coefficient (Wildman–Crippen LogP) is 2.94. The fraction of sp³-hybridized carbons (Fsp3) is 0.474. The van der Waals surface area contributed by atoms with Crippen LogP contribution in [0.5, 0.6) is 0 Å². The third-order valence-electron chi connectivity index (χ3n) is 4.32. The highest BCUT2D eigenvalue weighted by atomic mass is 16.1. The Labute approximate surface area is 144 Å². The molecule has 0 radical (unpaired) electrons. The van der Waals surface area contributed by atoms with E-state index in [-0.39, 0.29) is 11.9 Å². The van der Waals surface area contributed by atoms with Crippen molar-refractivity contribution in [3.8, 4) is 0 Å². The first-order chi connectivity index (χ1) is 11.4. The van der Waals surface area contributed by atoms with E-state index in [1.807, 2.05) is 25.7 Å². The number of aromatic nitrogens is 2. The van der Waals surface area contributed by atoms with Gasteiger partial charge < -0.3 is 10.2 Å². The second-order valence-corrected chi connectivity index (χ2v) is 6.47. The van der Waals surface area contributed by atoms with Crippen molar-refractivity contribution < 1.29 is 4.79 Å². The molecule has 1 N–H and O–H groups in total. The first kappa shape index (κ1) is 18.2. The van der Waals surface area contributed by atoms with Crippen LogP contribution in [0.4, 0.5) is 0 Å². The first-order valence-corrected chi connectivity index (χ1v) is 8.47.